The van der Waals surface area contributed by atoms with E-state index in [-0.39, 0.29) is 11.7 Å². The lowest BCUT2D eigenvalue weighted by atomic mass is 9.97. The molecular weight excluding hydrogens is 214 g/mol. The highest BCUT2D eigenvalue weighted by Crippen LogP contribution is 2.24. The average molecular weight is 226 g/mol. The maximum absolute atomic E-state index is 11.9. The molecule has 1 fully saturated rings. The minimum atomic E-state index is -0.0234. The second-order valence-electron chi connectivity index (χ2n) is 3.66. The predicted octanol–water partition coefficient (Wildman–Crippen LogP) is 2.14. The van der Waals surface area contributed by atoms with Crippen LogP contribution in [0.2, 0.25) is 5.02 Å². The van der Waals surface area contributed by atoms with Gasteiger partial charge in [0, 0.05) is 18.1 Å². The molecule has 80 valence electrons. The maximum atomic E-state index is 11.9. The summed E-state index contributed by atoms with van der Waals surface area (Å²) in [5.41, 5.74) is 6.69. The molecule has 3 nitrogen and oxygen atoms in total. The van der Waals surface area contributed by atoms with Crippen LogP contribution >= 0.6 is 11.6 Å². The number of rotatable bonds is 2. The van der Waals surface area contributed by atoms with E-state index in [9.17, 15) is 4.79 Å². The number of Topliss-reactive ketones (excluding diaryl/α,β-unsaturated/α-hetero) is 1. The minimum absolute atomic E-state index is 0.0234. The Labute approximate surface area is 93.2 Å². The monoisotopic (exact) mass is 225 g/mol. The quantitative estimate of drug-likeness (QED) is 0.620. The van der Waals surface area contributed by atoms with Gasteiger partial charge in [-0.3, -0.25) is 4.79 Å². The molecule has 1 aliphatic heterocycles. The second-order valence-corrected chi connectivity index (χ2v) is 4.07. The number of hydrogen-bond donors (Lipinski definition) is 1. The zero-order valence-corrected chi connectivity index (χ0v) is 8.96. The molecule has 0 aromatic heterocycles. The molecule has 0 aliphatic carbocycles. The van der Waals surface area contributed by atoms with Gasteiger partial charge in [-0.25, -0.2) is 0 Å². The fourth-order valence-corrected chi connectivity index (χ4v) is 1.84. The van der Waals surface area contributed by atoms with Crippen LogP contribution in [0.25, 0.3) is 0 Å². The molecule has 1 unspecified atom stereocenters. The van der Waals surface area contributed by atoms with E-state index >= 15 is 0 Å². The van der Waals surface area contributed by atoms with Crippen LogP contribution < -0.4 is 5.73 Å². The molecular formula is C11H12ClNO2. The first-order chi connectivity index (χ1) is 7.18. The van der Waals surface area contributed by atoms with Gasteiger partial charge in [-0.2, -0.15) is 0 Å². The summed E-state index contributed by atoms with van der Waals surface area (Å²) in [7, 11) is 0. The Kier molecular flexibility index (Phi) is 2.93. The zero-order valence-electron chi connectivity index (χ0n) is 8.20. The first kappa shape index (κ1) is 10.5. The molecule has 2 N–H and O–H groups in total. The van der Waals surface area contributed by atoms with Crippen LogP contribution in [0.5, 0.6) is 0 Å². The third-order valence-electron chi connectivity index (χ3n) is 2.59. The molecule has 1 aromatic rings. The minimum Gasteiger partial charge on any atom is -0.398 e. The van der Waals surface area contributed by atoms with Gasteiger partial charge in [-0.15, -0.1) is 0 Å². The van der Waals surface area contributed by atoms with Gasteiger partial charge in [0.25, 0.3) is 0 Å². The Hall–Kier alpha value is -1.06. The van der Waals surface area contributed by atoms with Crippen LogP contribution in [0.1, 0.15) is 16.8 Å². The Morgan fingerprint density at radius 1 is 1.53 bits per heavy atom. The first-order valence-electron chi connectivity index (χ1n) is 4.85. The topological polar surface area (TPSA) is 52.3 Å². The number of anilines is 1. The molecule has 4 heteroatoms. The van der Waals surface area contributed by atoms with Gasteiger partial charge < -0.3 is 10.5 Å². The number of carbonyl (C=O) groups excluding carboxylic acids is 1. The standard InChI is InChI=1S/C11H12ClNO2/c12-9-5-7(1-2-10(9)13)11(14)8-3-4-15-6-8/h1-2,5,8H,3-4,6,13H2. The zero-order chi connectivity index (χ0) is 10.8. The van der Waals surface area contributed by atoms with Crippen LogP contribution in [0.15, 0.2) is 18.2 Å². The number of halogens is 1. The van der Waals surface area contributed by atoms with E-state index in [2.05, 4.69) is 0 Å². The van der Waals surface area contributed by atoms with E-state index in [1.165, 1.54) is 0 Å². The van der Waals surface area contributed by atoms with Gasteiger partial charge in [-0.05, 0) is 24.6 Å². The van der Waals surface area contributed by atoms with Crippen molar-refractivity contribution in [2.24, 2.45) is 5.92 Å². The van der Waals surface area contributed by atoms with Crippen LogP contribution in [-0.2, 0) is 4.74 Å². The first-order valence-corrected chi connectivity index (χ1v) is 5.23. The second kappa shape index (κ2) is 4.21. The molecule has 0 bridgehead atoms. The molecule has 2 rings (SSSR count). The van der Waals surface area contributed by atoms with Gasteiger partial charge in [0.1, 0.15) is 0 Å². The van der Waals surface area contributed by atoms with Crippen molar-refractivity contribution in [2.45, 2.75) is 6.42 Å². The van der Waals surface area contributed by atoms with E-state index < -0.39 is 0 Å². The SMILES string of the molecule is Nc1ccc(C(=O)C2CCOC2)cc1Cl. The van der Waals surface area contributed by atoms with Gasteiger partial charge >= 0.3 is 0 Å². The molecule has 0 amide bonds. The van der Waals surface area contributed by atoms with Crippen molar-refractivity contribution < 1.29 is 9.53 Å². The third-order valence-corrected chi connectivity index (χ3v) is 2.91. The van der Waals surface area contributed by atoms with E-state index in [1.807, 2.05) is 0 Å². The van der Waals surface area contributed by atoms with Gasteiger partial charge in [0.2, 0.25) is 0 Å². The Morgan fingerprint density at radius 3 is 2.93 bits per heavy atom. The Morgan fingerprint density at radius 2 is 2.33 bits per heavy atom. The number of ether oxygens (including phenoxy) is 1. The summed E-state index contributed by atoms with van der Waals surface area (Å²) in [6, 6.07) is 4.99. The fourth-order valence-electron chi connectivity index (χ4n) is 1.66. The van der Waals surface area contributed by atoms with Crippen LogP contribution in [0.3, 0.4) is 0 Å². The highest BCUT2D eigenvalue weighted by molar-refractivity contribution is 6.33. The molecule has 1 saturated heterocycles. The summed E-state index contributed by atoms with van der Waals surface area (Å²) in [6.07, 6.45) is 0.792. The molecule has 1 aromatic carbocycles. The van der Waals surface area contributed by atoms with Crippen molar-refractivity contribution >= 4 is 23.1 Å². The third kappa shape index (κ3) is 2.13. The molecule has 0 radical (unpaired) electrons. The van der Waals surface area contributed by atoms with Crippen molar-refractivity contribution in [1.82, 2.24) is 0 Å². The summed E-state index contributed by atoms with van der Waals surface area (Å²) in [5.74, 6) is 0.0686. The maximum Gasteiger partial charge on any atom is 0.168 e. The molecule has 1 atom stereocenters. The Bertz CT molecular complexity index is 386. The number of benzene rings is 1. The number of carbonyl (C=O) groups is 1. The van der Waals surface area contributed by atoms with Crippen molar-refractivity contribution in [1.29, 1.82) is 0 Å². The number of ketones is 1. The number of nitrogen functional groups attached to an aromatic ring is 1. The number of hydrogen-bond acceptors (Lipinski definition) is 3. The lowest BCUT2D eigenvalue weighted by molar-refractivity contribution is 0.0900. The van der Waals surface area contributed by atoms with Gasteiger partial charge in [0.05, 0.1) is 17.3 Å². The predicted molar refractivity (Wildman–Crippen MR) is 59.1 cm³/mol. The van der Waals surface area contributed by atoms with Crippen molar-refractivity contribution in [3.05, 3.63) is 28.8 Å². The molecule has 1 aliphatic rings. The van der Waals surface area contributed by atoms with Crippen molar-refractivity contribution in [3.8, 4) is 0 Å². The lowest BCUT2D eigenvalue weighted by Crippen LogP contribution is -2.14. The summed E-state index contributed by atoms with van der Waals surface area (Å²) in [5, 5.41) is 0.430. The summed E-state index contributed by atoms with van der Waals surface area (Å²) < 4.78 is 5.18. The molecule has 0 spiro atoms. The van der Waals surface area contributed by atoms with Crippen LogP contribution in [0.4, 0.5) is 5.69 Å². The van der Waals surface area contributed by atoms with E-state index in [0.717, 1.165) is 6.42 Å². The van der Waals surface area contributed by atoms with Crippen LogP contribution in [-0.4, -0.2) is 19.0 Å². The fraction of sp³-hybridized carbons (Fsp3) is 0.364. The highest BCUT2D eigenvalue weighted by atomic mass is 35.5. The summed E-state index contributed by atoms with van der Waals surface area (Å²) >= 11 is 5.86. The van der Waals surface area contributed by atoms with E-state index in [1.54, 1.807) is 18.2 Å². The van der Waals surface area contributed by atoms with E-state index in [0.29, 0.717) is 29.5 Å². The Balaban J connectivity index is 2.21. The van der Waals surface area contributed by atoms with Gasteiger partial charge in [-0.1, -0.05) is 11.6 Å². The highest BCUT2D eigenvalue weighted by Gasteiger charge is 2.24. The van der Waals surface area contributed by atoms with Crippen molar-refractivity contribution in [2.75, 3.05) is 18.9 Å². The average Bonchev–Trinajstić information content (AvgIpc) is 2.74. The molecule has 0 saturated carbocycles. The normalized spacial score (nSPS) is 20.5. The summed E-state index contributed by atoms with van der Waals surface area (Å²) in [4.78, 5) is 11.9. The smallest absolute Gasteiger partial charge is 0.168 e. The summed E-state index contributed by atoms with van der Waals surface area (Å²) in [6.45, 7) is 1.18. The van der Waals surface area contributed by atoms with Gasteiger partial charge in [0.15, 0.2) is 5.78 Å². The number of nitrogens with two attached hydrogens (primary N) is 1. The molecule has 1 heterocycles. The van der Waals surface area contributed by atoms with Crippen LogP contribution in [0, 0.1) is 5.92 Å². The van der Waals surface area contributed by atoms with E-state index in [4.69, 9.17) is 22.1 Å². The largest absolute Gasteiger partial charge is 0.398 e. The lowest BCUT2D eigenvalue weighted by Gasteiger charge is -2.07. The van der Waals surface area contributed by atoms with Crippen molar-refractivity contribution in [3.63, 3.8) is 0 Å². The molecule has 15 heavy (non-hydrogen) atoms.